The van der Waals surface area contributed by atoms with E-state index in [0.717, 1.165) is 0 Å². The van der Waals surface area contributed by atoms with E-state index in [9.17, 15) is 14.4 Å². The first kappa shape index (κ1) is 14.3. The Hall–Kier alpha value is -3.07. The summed E-state index contributed by atoms with van der Waals surface area (Å²) in [4.78, 5) is 33.2. The van der Waals surface area contributed by atoms with Crippen molar-refractivity contribution >= 4 is 22.9 Å². The fourth-order valence-corrected chi connectivity index (χ4v) is 1.64. The maximum atomic E-state index is 11.4. The number of hydrogen-bond donors (Lipinski definition) is 1. The summed E-state index contributed by atoms with van der Waals surface area (Å²) in [6, 6.07) is 5.94. The summed E-state index contributed by atoms with van der Waals surface area (Å²) in [6.45, 7) is 0. The monoisotopic (exact) mass is 286 g/mol. The quantitative estimate of drug-likeness (QED) is 0.509. The molecule has 0 saturated heterocycles. The fraction of sp³-hybridized carbons (Fsp3) is 0.133. The van der Waals surface area contributed by atoms with Crippen LogP contribution in [0.4, 0.5) is 0 Å². The molecule has 0 aliphatic heterocycles. The number of carbonyl (C=O) groups excluding carboxylic acids is 1. The van der Waals surface area contributed by atoms with Gasteiger partial charge in [0.2, 0.25) is 0 Å². The van der Waals surface area contributed by atoms with Crippen LogP contribution >= 0.6 is 0 Å². The van der Waals surface area contributed by atoms with Crippen molar-refractivity contribution in [2.45, 2.75) is 6.42 Å². The average Bonchev–Trinajstić information content (AvgIpc) is 2.46. The Morgan fingerprint density at radius 1 is 1.33 bits per heavy atom. The third kappa shape index (κ3) is 3.28. The van der Waals surface area contributed by atoms with Crippen LogP contribution in [0.15, 0.2) is 33.5 Å². The van der Waals surface area contributed by atoms with Gasteiger partial charge < -0.3 is 14.3 Å². The van der Waals surface area contributed by atoms with E-state index in [2.05, 4.69) is 16.6 Å². The van der Waals surface area contributed by atoms with E-state index in [1.165, 1.54) is 19.2 Å². The number of aromatic carboxylic acids is 1. The van der Waals surface area contributed by atoms with Gasteiger partial charge in [-0.15, -0.1) is 0 Å². The molecule has 0 spiro atoms. The van der Waals surface area contributed by atoms with Gasteiger partial charge >= 0.3 is 17.6 Å². The van der Waals surface area contributed by atoms with E-state index >= 15 is 0 Å². The molecule has 6 heteroatoms. The van der Waals surface area contributed by atoms with Crippen molar-refractivity contribution in [1.82, 2.24) is 0 Å². The van der Waals surface area contributed by atoms with Gasteiger partial charge in [-0.3, -0.25) is 4.79 Å². The Morgan fingerprint density at radius 2 is 2.10 bits per heavy atom. The Morgan fingerprint density at radius 3 is 2.76 bits per heavy atom. The Balaban J connectivity index is 2.41. The molecular formula is C15H10O6. The van der Waals surface area contributed by atoms with Crippen LogP contribution in [0.2, 0.25) is 0 Å². The van der Waals surface area contributed by atoms with Gasteiger partial charge in [0.1, 0.15) is 17.6 Å². The van der Waals surface area contributed by atoms with Gasteiger partial charge in [0, 0.05) is 10.9 Å². The van der Waals surface area contributed by atoms with Crippen LogP contribution in [0, 0.1) is 11.8 Å². The molecule has 0 saturated carbocycles. The van der Waals surface area contributed by atoms with Crippen LogP contribution in [0.3, 0.4) is 0 Å². The van der Waals surface area contributed by atoms with Crippen LogP contribution in [0.1, 0.15) is 22.3 Å². The Bertz CT molecular complexity index is 835. The third-order valence-electron chi connectivity index (χ3n) is 2.66. The van der Waals surface area contributed by atoms with Gasteiger partial charge in [-0.05, 0) is 24.3 Å². The van der Waals surface area contributed by atoms with E-state index in [4.69, 9.17) is 9.52 Å². The maximum Gasteiger partial charge on any atom is 0.351 e. The highest BCUT2D eigenvalue weighted by molar-refractivity contribution is 5.91. The van der Waals surface area contributed by atoms with Gasteiger partial charge in [0.05, 0.1) is 7.11 Å². The lowest BCUT2D eigenvalue weighted by atomic mass is 10.1. The number of hydrogen-bond acceptors (Lipinski definition) is 5. The number of esters is 1. The van der Waals surface area contributed by atoms with Crippen LogP contribution in [0.25, 0.3) is 11.0 Å². The highest BCUT2D eigenvalue weighted by Crippen LogP contribution is 2.15. The van der Waals surface area contributed by atoms with Gasteiger partial charge in [-0.1, -0.05) is 11.8 Å². The smallest absolute Gasteiger partial charge is 0.351 e. The number of methoxy groups -OCH3 is 1. The Kier molecular flexibility index (Phi) is 4.05. The second-order valence-electron chi connectivity index (χ2n) is 4.06. The van der Waals surface area contributed by atoms with E-state index in [1.54, 1.807) is 12.1 Å². The van der Waals surface area contributed by atoms with E-state index < -0.39 is 23.1 Å². The molecule has 1 aromatic carbocycles. The summed E-state index contributed by atoms with van der Waals surface area (Å²) in [5, 5.41) is 9.33. The lowest BCUT2D eigenvalue weighted by molar-refractivity contribution is -0.139. The zero-order valence-corrected chi connectivity index (χ0v) is 11.0. The lowest BCUT2D eigenvalue weighted by Crippen LogP contribution is -2.12. The molecule has 0 bridgehead atoms. The van der Waals surface area contributed by atoms with Gasteiger partial charge in [-0.25, -0.2) is 9.59 Å². The minimum Gasteiger partial charge on any atom is -0.477 e. The predicted octanol–water partition coefficient (Wildman–Crippen LogP) is 1.41. The lowest BCUT2D eigenvalue weighted by Gasteiger charge is -1.99. The summed E-state index contributed by atoms with van der Waals surface area (Å²) in [5.74, 6) is 3.58. The first-order valence-corrected chi connectivity index (χ1v) is 5.88. The molecule has 6 nitrogen and oxygen atoms in total. The molecule has 1 aromatic heterocycles. The van der Waals surface area contributed by atoms with Crippen molar-refractivity contribution in [1.29, 1.82) is 0 Å². The summed E-state index contributed by atoms with van der Waals surface area (Å²) in [5.41, 5.74) is -0.512. The zero-order valence-electron chi connectivity index (χ0n) is 11.0. The van der Waals surface area contributed by atoms with Crippen molar-refractivity contribution < 1.29 is 23.8 Å². The molecule has 21 heavy (non-hydrogen) atoms. The van der Waals surface area contributed by atoms with Gasteiger partial charge in [0.15, 0.2) is 0 Å². The molecule has 106 valence electrons. The highest BCUT2D eigenvalue weighted by atomic mass is 16.5. The van der Waals surface area contributed by atoms with Crippen LogP contribution < -0.4 is 5.63 Å². The van der Waals surface area contributed by atoms with Gasteiger partial charge in [0.25, 0.3) is 0 Å². The number of carboxylic acids is 1. The molecule has 1 N–H and O–H groups in total. The summed E-state index contributed by atoms with van der Waals surface area (Å²) >= 11 is 0. The topological polar surface area (TPSA) is 93.8 Å². The number of carbonyl (C=O) groups is 2. The molecule has 0 atom stereocenters. The van der Waals surface area contributed by atoms with Crippen molar-refractivity contribution in [3.05, 3.63) is 45.8 Å². The van der Waals surface area contributed by atoms with Crippen molar-refractivity contribution in [3.8, 4) is 11.8 Å². The molecule has 2 aromatic rings. The zero-order chi connectivity index (χ0) is 15.4. The SMILES string of the molecule is COC(=O)CC#Cc1ccc2oc(=O)c(C(=O)O)cc2c1. The molecule has 1 heterocycles. The molecule has 0 radical (unpaired) electrons. The van der Waals surface area contributed by atoms with E-state index in [1.807, 2.05) is 0 Å². The minimum atomic E-state index is -1.35. The van der Waals surface area contributed by atoms with E-state index in [-0.39, 0.29) is 12.0 Å². The highest BCUT2D eigenvalue weighted by Gasteiger charge is 2.11. The first-order valence-electron chi connectivity index (χ1n) is 5.88. The van der Waals surface area contributed by atoms with Crippen molar-refractivity contribution in [3.63, 3.8) is 0 Å². The van der Waals surface area contributed by atoms with Crippen LogP contribution in [-0.2, 0) is 9.53 Å². The average molecular weight is 286 g/mol. The molecule has 0 aliphatic rings. The number of carboxylic acid groups (broad SMARTS) is 1. The third-order valence-corrected chi connectivity index (χ3v) is 2.66. The molecule has 0 amide bonds. The van der Waals surface area contributed by atoms with Crippen molar-refractivity contribution in [2.24, 2.45) is 0 Å². The summed E-state index contributed by atoms with van der Waals surface area (Å²) < 4.78 is 9.37. The molecule has 0 fully saturated rings. The van der Waals surface area contributed by atoms with Crippen LogP contribution in [-0.4, -0.2) is 24.2 Å². The second-order valence-corrected chi connectivity index (χ2v) is 4.06. The molecular weight excluding hydrogens is 276 g/mol. The predicted molar refractivity (Wildman–Crippen MR) is 73.0 cm³/mol. The Labute approximate surface area is 118 Å². The standard InChI is InChI=1S/C15H10O6/c1-20-13(16)4-2-3-9-5-6-12-10(7-9)8-11(14(17)18)15(19)21-12/h5-8H,4H2,1H3,(H,17,18). The van der Waals surface area contributed by atoms with Crippen molar-refractivity contribution in [2.75, 3.05) is 7.11 Å². The maximum absolute atomic E-state index is 11.4. The normalized spacial score (nSPS) is 9.76. The number of fused-ring (bicyclic) bond motifs is 1. The largest absolute Gasteiger partial charge is 0.477 e. The number of ether oxygens (including phenoxy) is 1. The first-order chi connectivity index (χ1) is 10.0. The number of rotatable bonds is 2. The molecule has 2 rings (SSSR count). The summed E-state index contributed by atoms with van der Waals surface area (Å²) in [7, 11) is 1.27. The second kappa shape index (κ2) is 5.92. The number of benzene rings is 1. The molecule has 0 aliphatic carbocycles. The summed E-state index contributed by atoms with van der Waals surface area (Å²) in [6.07, 6.45) is -0.0429. The fourth-order valence-electron chi connectivity index (χ4n) is 1.64. The minimum absolute atomic E-state index is 0.0429. The van der Waals surface area contributed by atoms with E-state index in [0.29, 0.717) is 10.9 Å². The van der Waals surface area contributed by atoms with Gasteiger partial charge in [-0.2, -0.15) is 0 Å². The molecule has 0 unspecified atom stereocenters. The van der Waals surface area contributed by atoms with Crippen LogP contribution in [0.5, 0.6) is 0 Å².